The normalized spacial score (nSPS) is 10.0. The number of anilines is 1. The van der Waals surface area contributed by atoms with Gasteiger partial charge in [-0.15, -0.1) is 0 Å². The van der Waals surface area contributed by atoms with Crippen LogP contribution in [0.4, 0.5) is 5.69 Å². The number of esters is 1. The van der Waals surface area contributed by atoms with Gasteiger partial charge in [0.25, 0.3) is 0 Å². The zero-order valence-corrected chi connectivity index (χ0v) is 15.2. The highest BCUT2D eigenvalue weighted by atomic mass is 16.5. The number of carbonyl (C=O) groups is 3. The molecule has 0 radical (unpaired) electrons. The lowest BCUT2D eigenvalue weighted by Gasteiger charge is -2.09. The number of methoxy groups -OCH3 is 2. The molecule has 0 aliphatic heterocycles. The Hall–Kier alpha value is -3.35. The van der Waals surface area contributed by atoms with E-state index in [9.17, 15) is 14.4 Å². The maximum Gasteiger partial charge on any atom is 0.306 e. The monoisotopic (exact) mass is 371 g/mol. The Morgan fingerprint density at radius 1 is 0.926 bits per heavy atom. The molecule has 0 saturated carbocycles. The van der Waals surface area contributed by atoms with Crippen molar-refractivity contribution in [1.29, 1.82) is 0 Å². The lowest BCUT2D eigenvalue weighted by Crippen LogP contribution is -2.17. The molecule has 0 aromatic heterocycles. The molecule has 0 aliphatic carbocycles. The number of ether oxygens (including phenoxy) is 3. The summed E-state index contributed by atoms with van der Waals surface area (Å²) in [5, 5.41) is 2.67. The molecule has 27 heavy (non-hydrogen) atoms. The zero-order chi connectivity index (χ0) is 19.6. The highest BCUT2D eigenvalue weighted by Crippen LogP contribution is 2.23. The lowest BCUT2D eigenvalue weighted by molar-refractivity contribution is -0.143. The lowest BCUT2D eigenvalue weighted by atomic mass is 10.1. The number of amides is 1. The molecule has 1 N–H and O–H groups in total. The van der Waals surface area contributed by atoms with Gasteiger partial charge in [0.05, 0.1) is 26.3 Å². The predicted molar refractivity (Wildman–Crippen MR) is 99.1 cm³/mol. The Bertz CT molecular complexity index is 818. The third kappa shape index (κ3) is 6.14. The van der Waals surface area contributed by atoms with Crippen LogP contribution in [-0.2, 0) is 14.3 Å². The molecule has 0 atom stereocenters. The van der Waals surface area contributed by atoms with E-state index in [-0.39, 0.29) is 31.1 Å². The third-order valence-corrected chi connectivity index (χ3v) is 3.69. The number of hydrogen-bond acceptors (Lipinski definition) is 6. The second kappa shape index (κ2) is 9.96. The zero-order valence-electron chi connectivity index (χ0n) is 15.2. The Morgan fingerprint density at radius 2 is 1.70 bits per heavy atom. The number of hydrogen-bond donors (Lipinski definition) is 1. The molecule has 2 rings (SSSR count). The first-order chi connectivity index (χ1) is 13.0. The van der Waals surface area contributed by atoms with E-state index in [4.69, 9.17) is 14.2 Å². The van der Waals surface area contributed by atoms with E-state index >= 15 is 0 Å². The summed E-state index contributed by atoms with van der Waals surface area (Å²) >= 11 is 0. The molecular weight excluding hydrogens is 350 g/mol. The number of benzene rings is 2. The fourth-order valence-corrected chi connectivity index (χ4v) is 2.27. The summed E-state index contributed by atoms with van der Waals surface area (Å²) in [7, 11) is 3.00. The van der Waals surface area contributed by atoms with Crippen molar-refractivity contribution in [2.45, 2.75) is 12.8 Å². The van der Waals surface area contributed by atoms with Crippen molar-refractivity contribution in [3.05, 3.63) is 54.1 Å². The number of Topliss-reactive ketones (excluding diaryl/α,β-unsaturated/α-hetero) is 1. The van der Waals surface area contributed by atoms with Crippen LogP contribution in [0, 0.1) is 0 Å². The highest BCUT2D eigenvalue weighted by molar-refractivity contribution is 5.98. The third-order valence-electron chi connectivity index (χ3n) is 3.69. The van der Waals surface area contributed by atoms with Crippen molar-refractivity contribution >= 4 is 23.3 Å². The van der Waals surface area contributed by atoms with Gasteiger partial charge in [-0.25, -0.2) is 0 Å². The quantitative estimate of drug-likeness (QED) is 0.538. The molecular formula is C20H21NO6. The summed E-state index contributed by atoms with van der Waals surface area (Å²) in [6.07, 6.45) is -0.198. The van der Waals surface area contributed by atoms with Gasteiger partial charge in [-0.05, 0) is 24.3 Å². The fourth-order valence-electron chi connectivity index (χ4n) is 2.27. The van der Waals surface area contributed by atoms with Gasteiger partial charge in [0, 0.05) is 12.0 Å². The Labute approximate surface area is 157 Å². The van der Waals surface area contributed by atoms with Gasteiger partial charge in [-0.1, -0.05) is 24.3 Å². The summed E-state index contributed by atoms with van der Waals surface area (Å²) in [4.78, 5) is 35.8. The first-order valence-electron chi connectivity index (χ1n) is 8.29. The second-order valence-corrected chi connectivity index (χ2v) is 5.56. The Morgan fingerprint density at radius 3 is 2.44 bits per heavy atom. The number of carbonyl (C=O) groups excluding carboxylic acids is 3. The summed E-state index contributed by atoms with van der Waals surface area (Å²) in [5.74, 6) is -0.254. The van der Waals surface area contributed by atoms with E-state index in [1.165, 1.54) is 14.2 Å². The van der Waals surface area contributed by atoms with Crippen molar-refractivity contribution in [2.24, 2.45) is 0 Å². The van der Waals surface area contributed by atoms with E-state index in [1.807, 2.05) is 0 Å². The van der Waals surface area contributed by atoms with Crippen molar-refractivity contribution in [1.82, 2.24) is 0 Å². The van der Waals surface area contributed by atoms with Gasteiger partial charge in [-0.3, -0.25) is 14.4 Å². The van der Waals surface area contributed by atoms with Gasteiger partial charge in [0.15, 0.2) is 12.4 Å². The SMILES string of the molecule is COc1cccc(C(=O)COC(=O)CCC(=O)Nc2ccccc2OC)c1. The molecule has 142 valence electrons. The standard InChI is InChI=1S/C20H21NO6/c1-25-15-7-5-6-14(12-15)17(22)13-27-20(24)11-10-19(23)21-16-8-3-4-9-18(16)26-2/h3-9,12H,10-11,13H2,1-2H3,(H,21,23). The molecule has 0 aliphatic rings. The van der Waals surface area contributed by atoms with Crippen molar-refractivity contribution < 1.29 is 28.6 Å². The second-order valence-electron chi connectivity index (χ2n) is 5.56. The number of ketones is 1. The Kier molecular flexibility index (Phi) is 7.37. The molecule has 0 heterocycles. The van der Waals surface area contributed by atoms with Crippen molar-refractivity contribution in [3.8, 4) is 11.5 Å². The van der Waals surface area contributed by atoms with Gasteiger partial charge in [0.2, 0.25) is 5.91 Å². The maximum atomic E-state index is 12.0. The molecule has 0 bridgehead atoms. The molecule has 0 spiro atoms. The first-order valence-corrected chi connectivity index (χ1v) is 8.29. The van der Waals surface area contributed by atoms with Crippen LogP contribution >= 0.6 is 0 Å². The van der Waals surface area contributed by atoms with E-state index < -0.39 is 5.97 Å². The van der Waals surface area contributed by atoms with E-state index in [1.54, 1.807) is 48.5 Å². The topological polar surface area (TPSA) is 90.9 Å². The van der Waals surface area contributed by atoms with Crippen LogP contribution in [-0.4, -0.2) is 38.5 Å². The molecule has 0 saturated heterocycles. The molecule has 7 heteroatoms. The summed E-state index contributed by atoms with van der Waals surface area (Å²) < 4.78 is 15.1. The Balaban J connectivity index is 1.77. The molecule has 1 amide bonds. The van der Waals surface area contributed by atoms with Crippen LogP contribution < -0.4 is 14.8 Å². The smallest absolute Gasteiger partial charge is 0.306 e. The van der Waals surface area contributed by atoms with E-state index in [2.05, 4.69) is 5.32 Å². The number of nitrogens with one attached hydrogen (secondary N) is 1. The largest absolute Gasteiger partial charge is 0.497 e. The fraction of sp³-hybridized carbons (Fsp3) is 0.250. The molecule has 2 aromatic rings. The van der Waals surface area contributed by atoms with Crippen LogP contribution in [0.3, 0.4) is 0 Å². The van der Waals surface area contributed by atoms with Gasteiger partial charge in [-0.2, -0.15) is 0 Å². The van der Waals surface area contributed by atoms with E-state index in [0.717, 1.165) is 0 Å². The number of para-hydroxylation sites is 2. The van der Waals surface area contributed by atoms with Crippen molar-refractivity contribution in [2.75, 3.05) is 26.1 Å². The van der Waals surface area contributed by atoms with E-state index in [0.29, 0.717) is 22.7 Å². The minimum atomic E-state index is -0.624. The van der Waals surface area contributed by atoms with Gasteiger partial charge in [0.1, 0.15) is 11.5 Å². The minimum absolute atomic E-state index is 0.0652. The minimum Gasteiger partial charge on any atom is -0.497 e. The van der Waals surface area contributed by atoms with Gasteiger partial charge >= 0.3 is 5.97 Å². The number of rotatable bonds is 9. The summed E-state index contributed by atoms with van der Waals surface area (Å²) in [6, 6.07) is 13.5. The average Bonchev–Trinajstić information content (AvgIpc) is 2.70. The van der Waals surface area contributed by atoms with Crippen LogP contribution in [0.2, 0.25) is 0 Å². The van der Waals surface area contributed by atoms with Gasteiger partial charge < -0.3 is 19.5 Å². The first kappa shape index (κ1) is 20.0. The molecule has 7 nitrogen and oxygen atoms in total. The van der Waals surface area contributed by atoms with Crippen LogP contribution in [0.25, 0.3) is 0 Å². The predicted octanol–water partition coefficient (Wildman–Crippen LogP) is 2.85. The summed E-state index contributed by atoms with van der Waals surface area (Å²) in [6.45, 7) is -0.389. The molecule has 2 aromatic carbocycles. The molecule has 0 fully saturated rings. The van der Waals surface area contributed by atoms with Crippen LogP contribution in [0.15, 0.2) is 48.5 Å². The summed E-state index contributed by atoms with van der Waals surface area (Å²) in [5.41, 5.74) is 0.905. The van der Waals surface area contributed by atoms with Crippen LogP contribution in [0.5, 0.6) is 11.5 Å². The van der Waals surface area contributed by atoms with Crippen LogP contribution in [0.1, 0.15) is 23.2 Å². The average molecular weight is 371 g/mol. The van der Waals surface area contributed by atoms with Crippen molar-refractivity contribution in [3.63, 3.8) is 0 Å². The molecule has 0 unspecified atom stereocenters. The highest BCUT2D eigenvalue weighted by Gasteiger charge is 2.13. The maximum absolute atomic E-state index is 12.0.